The lowest BCUT2D eigenvalue weighted by atomic mass is 10.2. The van der Waals surface area contributed by atoms with E-state index < -0.39 is 0 Å². The van der Waals surface area contributed by atoms with Gasteiger partial charge < -0.3 is 15.0 Å². The van der Waals surface area contributed by atoms with Crippen LogP contribution in [0.5, 0.6) is 0 Å². The first-order valence-electron chi connectivity index (χ1n) is 5.83. The molecule has 96 valence electrons. The van der Waals surface area contributed by atoms with Crippen molar-refractivity contribution in [1.82, 2.24) is 10.2 Å². The maximum absolute atomic E-state index is 5.90. The summed E-state index contributed by atoms with van der Waals surface area (Å²) in [6, 6.07) is 0. The third kappa shape index (κ3) is 2.29. The summed E-state index contributed by atoms with van der Waals surface area (Å²) in [4.78, 5) is 6.02. The highest BCUT2D eigenvalue weighted by Crippen LogP contribution is 2.36. The van der Waals surface area contributed by atoms with Crippen LogP contribution in [0.2, 0.25) is 0 Å². The molecule has 6 heteroatoms. The Hall–Kier alpha value is -0.940. The van der Waals surface area contributed by atoms with E-state index >= 15 is 0 Å². The summed E-state index contributed by atoms with van der Waals surface area (Å²) in [5, 5.41) is 3.41. The van der Waals surface area contributed by atoms with Crippen LogP contribution in [0.1, 0.15) is 12.8 Å². The lowest BCUT2D eigenvalue weighted by Crippen LogP contribution is -2.31. The van der Waals surface area contributed by atoms with Gasteiger partial charge in [0.25, 0.3) is 0 Å². The predicted molar refractivity (Wildman–Crippen MR) is 75.0 cm³/mol. The van der Waals surface area contributed by atoms with E-state index in [0.717, 1.165) is 34.2 Å². The molecule has 2 heterocycles. The highest BCUT2D eigenvalue weighted by molar-refractivity contribution is 9.12. The summed E-state index contributed by atoms with van der Waals surface area (Å²) in [5.41, 5.74) is 1.86. The van der Waals surface area contributed by atoms with Crippen molar-refractivity contribution in [3.63, 3.8) is 0 Å². The third-order valence-corrected chi connectivity index (χ3v) is 4.06. The SMILES string of the molecule is CN1C=C(OCC2CC2)C(Br)=C2NC(Cl)=NC=C21. The molecule has 0 aromatic heterocycles. The van der Waals surface area contributed by atoms with Crippen LogP contribution in [0, 0.1) is 5.92 Å². The van der Waals surface area contributed by atoms with Gasteiger partial charge >= 0.3 is 0 Å². The number of aliphatic imine (C=N–C) groups is 1. The number of likely N-dealkylation sites (N-methyl/N-ethyl adjacent to an activating group) is 1. The molecule has 0 radical (unpaired) electrons. The van der Waals surface area contributed by atoms with E-state index in [9.17, 15) is 0 Å². The number of nitrogens with zero attached hydrogens (tertiary/aromatic N) is 2. The first-order chi connectivity index (χ1) is 8.65. The number of hydrogen-bond donors (Lipinski definition) is 1. The predicted octanol–water partition coefficient (Wildman–Crippen LogP) is 2.85. The van der Waals surface area contributed by atoms with Crippen LogP contribution in [-0.2, 0) is 4.74 Å². The molecule has 3 aliphatic rings. The number of hydrogen-bond acceptors (Lipinski definition) is 4. The Bertz CT molecular complexity index is 505. The molecule has 4 nitrogen and oxygen atoms in total. The maximum Gasteiger partial charge on any atom is 0.200 e. The summed E-state index contributed by atoms with van der Waals surface area (Å²) in [7, 11) is 1.96. The Balaban J connectivity index is 1.84. The molecule has 1 N–H and O–H groups in total. The molecule has 1 saturated carbocycles. The van der Waals surface area contributed by atoms with Gasteiger partial charge in [0.1, 0.15) is 0 Å². The maximum atomic E-state index is 5.90. The van der Waals surface area contributed by atoms with Gasteiger partial charge in [-0.15, -0.1) is 0 Å². The monoisotopic (exact) mass is 329 g/mol. The first kappa shape index (κ1) is 12.1. The highest BCUT2D eigenvalue weighted by atomic mass is 79.9. The van der Waals surface area contributed by atoms with Crippen molar-refractivity contribution in [2.75, 3.05) is 13.7 Å². The van der Waals surface area contributed by atoms with Gasteiger partial charge in [-0.25, -0.2) is 4.99 Å². The molecular formula is C12H13BrClN3O. The minimum absolute atomic E-state index is 0.363. The molecular weight excluding hydrogens is 318 g/mol. The molecule has 0 aromatic rings. The Morgan fingerprint density at radius 3 is 3.11 bits per heavy atom. The fourth-order valence-electron chi connectivity index (χ4n) is 1.83. The lowest BCUT2D eigenvalue weighted by Gasteiger charge is -2.30. The molecule has 0 amide bonds. The van der Waals surface area contributed by atoms with Gasteiger partial charge in [0.2, 0.25) is 5.29 Å². The number of ether oxygens (including phenoxy) is 1. The zero-order valence-corrected chi connectivity index (χ0v) is 12.3. The van der Waals surface area contributed by atoms with E-state index in [1.54, 1.807) is 6.20 Å². The molecule has 0 saturated heterocycles. The molecule has 18 heavy (non-hydrogen) atoms. The lowest BCUT2D eigenvalue weighted by molar-refractivity contribution is 0.202. The molecule has 3 rings (SSSR count). The topological polar surface area (TPSA) is 36.9 Å². The van der Waals surface area contributed by atoms with Gasteiger partial charge in [0.05, 0.1) is 28.7 Å². The van der Waals surface area contributed by atoms with Crippen LogP contribution < -0.4 is 5.32 Å². The standard InChI is InChI=1S/C12H13BrClN3O/c1-17-5-9(18-6-7-2-3-7)10(13)11-8(17)4-15-12(14)16-11/h4-5,7H,2-3,6H2,1H3,(H,15,16). The van der Waals surface area contributed by atoms with Crippen molar-refractivity contribution in [1.29, 1.82) is 0 Å². The van der Waals surface area contributed by atoms with E-state index in [2.05, 4.69) is 26.2 Å². The largest absolute Gasteiger partial charge is 0.490 e. The molecule has 0 unspecified atom stereocenters. The van der Waals surface area contributed by atoms with E-state index in [4.69, 9.17) is 16.3 Å². The third-order valence-electron chi connectivity index (χ3n) is 3.08. The zero-order valence-electron chi connectivity index (χ0n) is 9.91. The van der Waals surface area contributed by atoms with Gasteiger partial charge in [0, 0.05) is 13.2 Å². The number of rotatable bonds is 3. The number of allylic oxidation sites excluding steroid dienone is 1. The quantitative estimate of drug-likeness (QED) is 0.809. The summed E-state index contributed by atoms with van der Waals surface area (Å²) in [5.74, 6) is 1.55. The van der Waals surface area contributed by atoms with Crippen molar-refractivity contribution in [2.45, 2.75) is 12.8 Å². The Morgan fingerprint density at radius 1 is 1.61 bits per heavy atom. The van der Waals surface area contributed by atoms with Gasteiger partial charge in [-0.1, -0.05) is 0 Å². The number of amidine groups is 1. The zero-order chi connectivity index (χ0) is 12.7. The normalized spacial score (nSPS) is 22.8. The van der Waals surface area contributed by atoms with E-state index in [0.29, 0.717) is 5.29 Å². The van der Waals surface area contributed by atoms with Crippen LogP contribution in [-0.4, -0.2) is 23.8 Å². The molecule has 0 bridgehead atoms. The van der Waals surface area contributed by atoms with Gasteiger partial charge in [-0.3, -0.25) is 0 Å². The fraction of sp³-hybridized carbons (Fsp3) is 0.417. The van der Waals surface area contributed by atoms with Crippen LogP contribution in [0.4, 0.5) is 0 Å². The Morgan fingerprint density at radius 2 is 2.39 bits per heavy atom. The van der Waals surface area contributed by atoms with Crippen LogP contribution in [0.3, 0.4) is 0 Å². The van der Waals surface area contributed by atoms with Crippen molar-refractivity contribution in [3.8, 4) is 0 Å². The second-order valence-corrected chi connectivity index (χ2v) is 5.76. The average molecular weight is 331 g/mol. The van der Waals surface area contributed by atoms with Crippen LogP contribution >= 0.6 is 27.5 Å². The molecule has 0 atom stereocenters. The van der Waals surface area contributed by atoms with E-state index in [1.807, 2.05) is 18.1 Å². The molecule has 1 fully saturated rings. The van der Waals surface area contributed by atoms with E-state index in [1.165, 1.54) is 12.8 Å². The minimum atomic E-state index is 0.363. The second kappa shape index (κ2) is 4.63. The number of halogens is 2. The van der Waals surface area contributed by atoms with Crippen LogP contribution in [0.15, 0.2) is 39.0 Å². The van der Waals surface area contributed by atoms with Crippen molar-refractivity contribution in [3.05, 3.63) is 34.0 Å². The summed E-state index contributed by atoms with van der Waals surface area (Å²) in [6.45, 7) is 0.781. The summed E-state index contributed by atoms with van der Waals surface area (Å²) >= 11 is 9.46. The molecule has 2 aliphatic heterocycles. The Labute approximate surface area is 119 Å². The molecule has 1 aliphatic carbocycles. The first-order valence-corrected chi connectivity index (χ1v) is 7.00. The van der Waals surface area contributed by atoms with Gasteiger partial charge in [0.15, 0.2) is 5.76 Å². The van der Waals surface area contributed by atoms with E-state index in [-0.39, 0.29) is 0 Å². The minimum Gasteiger partial charge on any atom is -0.490 e. The number of fused-ring (bicyclic) bond motifs is 1. The Kier molecular flexibility index (Phi) is 3.11. The fourth-order valence-corrected chi connectivity index (χ4v) is 2.50. The van der Waals surface area contributed by atoms with Gasteiger partial charge in [-0.2, -0.15) is 0 Å². The van der Waals surface area contributed by atoms with Crippen molar-refractivity contribution in [2.24, 2.45) is 10.9 Å². The van der Waals surface area contributed by atoms with Crippen LogP contribution in [0.25, 0.3) is 0 Å². The average Bonchev–Trinajstić information content (AvgIpc) is 3.16. The summed E-state index contributed by atoms with van der Waals surface area (Å²) in [6.07, 6.45) is 6.25. The summed E-state index contributed by atoms with van der Waals surface area (Å²) < 4.78 is 6.73. The van der Waals surface area contributed by atoms with Gasteiger partial charge in [-0.05, 0) is 46.3 Å². The van der Waals surface area contributed by atoms with Crippen molar-refractivity contribution >= 4 is 32.8 Å². The molecule has 0 aromatic carbocycles. The second-order valence-electron chi connectivity index (χ2n) is 4.61. The van der Waals surface area contributed by atoms with Crippen molar-refractivity contribution < 1.29 is 4.74 Å². The number of nitrogens with one attached hydrogen (secondary N) is 1. The highest BCUT2D eigenvalue weighted by Gasteiger charge is 2.28. The smallest absolute Gasteiger partial charge is 0.200 e. The molecule has 0 spiro atoms.